The predicted molar refractivity (Wildman–Crippen MR) is 60.8 cm³/mol. The van der Waals surface area contributed by atoms with Crippen LogP contribution in [0.4, 0.5) is 0 Å². The summed E-state index contributed by atoms with van der Waals surface area (Å²) in [4.78, 5) is 25.3. The van der Waals surface area contributed by atoms with Crippen molar-refractivity contribution < 1.29 is 14.3 Å². The fourth-order valence-corrected chi connectivity index (χ4v) is 2.06. The number of nitrogens with zero attached hydrogens (tertiary/aromatic N) is 1. The molecular formula is C13H13NO3. The van der Waals surface area contributed by atoms with Gasteiger partial charge in [-0.1, -0.05) is 12.1 Å². The van der Waals surface area contributed by atoms with Gasteiger partial charge >= 0.3 is 0 Å². The number of hydrogen-bond acceptors (Lipinski definition) is 3. The highest BCUT2D eigenvalue weighted by Crippen LogP contribution is 2.31. The largest absolute Gasteiger partial charge is 0.370 e. The third-order valence-corrected chi connectivity index (χ3v) is 3.38. The molecule has 0 aromatic heterocycles. The fraction of sp³-hybridized carbons (Fsp3) is 0.385. The second-order valence-corrected chi connectivity index (χ2v) is 4.80. The van der Waals surface area contributed by atoms with Gasteiger partial charge in [-0.2, -0.15) is 0 Å². The number of imide groups is 1. The highest BCUT2D eigenvalue weighted by molar-refractivity contribution is 6.21. The Balaban J connectivity index is 1.80. The molecule has 17 heavy (non-hydrogen) atoms. The minimum absolute atomic E-state index is 0.130. The van der Waals surface area contributed by atoms with Gasteiger partial charge in [-0.25, -0.2) is 0 Å². The third-order valence-electron chi connectivity index (χ3n) is 3.38. The maximum Gasteiger partial charge on any atom is 0.261 e. The van der Waals surface area contributed by atoms with Gasteiger partial charge in [0.2, 0.25) is 0 Å². The first-order chi connectivity index (χ1) is 8.11. The van der Waals surface area contributed by atoms with E-state index in [-0.39, 0.29) is 17.4 Å². The van der Waals surface area contributed by atoms with Gasteiger partial charge in [-0.15, -0.1) is 0 Å². The van der Waals surface area contributed by atoms with Crippen molar-refractivity contribution in [3.63, 3.8) is 0 Å². The van der Waals surface area contributed by atoms with E-state index in [0.29, 0.717) is 24.1 Å². The lowest BCUT2D eigenvalue weighted by Crippen LogP contribution is -2.32. The smallest absolute Gasteiger partial charge is 0.261 e. The van der Waals surface area contributed by atoms with Crippen molar-refractivity contribution in [3.8, 4) is 0 Å². The van der Waals surface area contributed by atoms with E-state index in [0.717, 1.165) is 6.61 Å². The number of fused-ring (bicyclic) bond motifs is 1. The van der Waals surface area contributed by atoms with Crippen LogP contribution in [0.3, 0.4) is 0 Å². The minimum atomic E-state index is -0.185. The Labute approximate surface area is 99.2 Å². The quantitative estimate of drug-likeness (QED) is 0.584. The van der Waals surface area contributed by atoms with Crippen molar-refractivity contribution in [2.75, 3.05) is 13.2 Å². The molecule has 1 unspecified atom stereocenters. The van der Waals surface area contributed by atoms with Crippen LogP contribution in [0.15, 0.2) is 24.3 Å². The molecule has 2 aliphatic rings. The Hall–Kier alpha value is -1.68. The predicted octanol–water partition coefficient (Wildman–Crippen LogP) is 1.46. The lowest BCUT2D eigenvalue weighted by Gasteiger charge is -2.14. The number of carbonyl (C=O) groups excluding carboxylic acids is 2. The van der Waals surface area contributed by atoms with Crippen molar-refractivity contribution >= 4 is 11.8 Å². The van der Waals surface area contributed by atoms with E-state index in [1.807, 2.05) is 6.92 Å². The van der Waals surface area contributed by atoms with E-state index in [9.17, 15) is 9.59 Å². The average Bonchev–Trinajstić information content (AvgIpc) is 3.01. The highest BCUT2D eigenvalue weighted by Gasteiger charge is 2.42. The summed E-state index contributed by atoms with van der Waals surface area (Å²) in [5.41, 5.74) is 0.897. The maximum absolute atomic E-state index is 12.0. The molecule has 1 fully saturated rings. The summed E-state index contributed by atoms with van der Waals surface area (Å²) >= 11 is 0. The van der Waals surface area contributed by atoms with Crippen LogP contribution in [0.1, 0.15) is 34.1 Å². The number of amides is 2. The van der Waals surface area contributed by atoms with Crippen molar-refractivity contribution in [2.45, 2.75) is 18.9 Å². The SMILES string of the molecule is CC1(CCN2C(=O)c3ccccc3C2=O)CO1. The van der Waals surface area contributed by atoms with Gasteiger partial charge in [0.15, 0.2) is 0 Å². The van der Waals surface area contributed by atoms with Gasteiger partial charge in [0.1, 0.15) is 0 Å². The van der Waals surface area contributed by atoms with Gasteiger partial charge in [-0.3, -0.25) is 14.5 Å². The van der Waals surface area contributed by atoms with Crippen LogP contribution in [-0.2, 0) is 4.74 Å². The molecule has 3 rings (SSSR count). The van der Waals surface area contributed by atoms with Crippen molar-refractivity contribution in [1.29, 1.82) is 0 Å². The molecule has 0 radical (unpaired) electrons. The molecule has 0 spiro atoms. The number of hydrogen-bond donors (Lipinski definition) is 0. The third kappa shape index (κ3) is 1.65. The highest BCUT2D eigenvalue weighted by atomic mass is 16.6. The van der Waals surface area contributed by atoms with E-state index < -0.39 is 0 Å². The summed E-state index contributed by atoms with van der Waals surface area (Å²) in [6.45, 7) is 3.14. The van der Waals surface area contributed by atoms with Crippen LogP contribution in [0.5, 0.6) is 0 Å². The number of rotatable bonds is 3. The number of carbonyl (C=O) groups is 2. The van der Waals surface area contributed by atoms with E-state index >= 15 is 0 Å². The van der Waals surface area contributed by atoms with Crippen molar-refractivity contribution in [3.05, 3.63) is 35.4 Å². The molecule has 2 amide bonds. The Kier molecular flexibility index (Phi) is 2.10. The number of epoxide rings is 1. The van der Waals surface area contributed by atoms with Crippen LogP contribution in [0, 0.1) is 0 Å². The van der Waals surface area contributed by atoms with E-state index in [2.05, 4.69) is 0 Å². The van der Waals surface area contributed by atoms with Crippen LogP contribution < -0.4 is 0 Å². The summed E-state index contributed by atoms with van der Waals surface area (Å²) < 4.78 is 5.25. The molecule has 2 heterocycles. The van der Waals surface area contributed by atoms with Gasteiger partial charge in [0, 0.05) is 6.54 Å². The Morgan fingerprint density at radius 1 is 1.24 bits per heavy atom. The molecule has 0 bridgehead atoms. The summed E-state index contributed by atoms with van der Waals surface area (Å²) in [5.74, 6) is -0.371. The fourth-order valence-electron chi connectivity index (χ4n) is 2.06. The maximum atomic E-state index is 12.0. The Morgan fingerprint density at radius 3 is 2.24 bits per heavy atom. The lowest BCUT2D eigenvalue weighted by atomic mass is 10.1. The molecule has 88 valence electrons. The Morgan fingerprint density at radius 2 is 1.76 bits per heavy atom. The number of ether oxygens (including phenoxy) is 1. The van der Waals surface area contributed by atoms with E-state index in [4.69, 9.17) is 4.74 Å². The van der Waals surface area contributed by atoms with Crippen LogP contribution in [0.25, 0.3) is 0 Å². The van der Waals surface area contributed by atoms with Crippen molar-refractivity contribution in [1.82, 2.24) is 4.90 Å². The minimum Gasteiger partial charge on any atom is -0.370 e. The second kappa shape index (κ2) is 3.40. The van der Waals surface area contributed by atoms with Crippen LogP contribution in [0.2, 0.25) is 0 Å². The molecule has 0 N–H and O–H groups in total. The molecule has 1 saturated heterocycles. The molecular weight excluding hydrogens is 218 g/mol. The average molecular weight is 231 g/mol. The zero-order chi connectivity index (χ0) is 12.0. The first-order valence-corrected chi connectivity index (χ1v) is 5.70. The van der Waals surface area contributed by atoms with E-state index in [1.165, 1.54) is 4.90 Å². The Bertz CT molecular complexity index is 470. The summed E-state index contributed by atoms with van der Waals surface area (Å²) in [5, 5.41) is 0. The molecule has 1 atom stereocenters. The standard InChI is InChI=1S/C13H13NO3/c1-13(8-17-13)6-7-14-11(15)9-4-2-3-5-10(9)12(14)16/h2-5H,6-8H2,1H3. The summed E-state index contributed by atoms with van der Waals surface area (Å²) in [7, 11) is 0. The topological polar surface area (TPSA) is 49.9 Å². The molecule has 2 aliphatic heterocycles. The van der Waals surface area contributed by atoms with Gasteiger partial charge in [0.05, 0.1) is 23.3 Å². The van der Waals surface area contributed by atoms with Crippen LogP contribution >= 0.6 is 0 Å². The van der Waals surface area contributed by atoms with Gasteiger partial charge < -0.3 is 4.74 Å². The molecule has 1 aromatic carbocycles. The number of benzene rings is 1. The van der Waals surface area contributed by atoms with Crippen LogP contribution in [-0.4, -0.2) is 35.5 Å². The van der Waals surface area contributed by atoms with Gasteiger partial charge in [-0.05, 0) is 25.5 Å². The summed E-state index contributed by atoms with van der Waals surface area (Å²) in [6.07, 6.45) is 0.707. The first-order valence-electron chi connectivity index (χ1n) is 5.70. The first kappa shape index (κ1) is 10.5. The normalized spacial score (nSPS) is 26.3. The molecule has 1 aromatic rings. The van der Waals surface area contributed by atoms with E-state index in [1.54, 1.807) is 24.3 Å². The second-order valence-electron chi connectivity index (χ2n) is 4.80. The molecule has 4 nitrogen and oxygen atoms in total. The van der Waals surface area contributed by atoms with Gasteiger partial charge in [0.25, 0.3) is 11.8 Å². The molecule has 4 heteroatoms. The molecule has 0 saturated carbocycles. The monoisotopic (exact) mass is 231 g/mol. The van der Waals surface area contributed by atoms with Crippen molar-refractivity contribution in [2.24, 2.45) is 0 Å². The zero-order valence-corrected chi connectivity index (χ0v) is 9.60. The zero-order valence-electron chi connectivity index (χ0n) is 9.60. The summed E-state index contributed by atoms with van der Waals surface area (Å²) in [6, 6.07) is 6.95. The molecule has 0 aliphatic carbocycles. The lowest BCUT2D eigenvalue weighted by molar-refractivity contribution is 0.0643.